The molecular weight excluding hydrogens is 420 g/mol. The minimum absolute atomic E-state index is 0.0242. The molecule has 1 saturated carbocycles. The Kier molecular flexibility index (Phi) is 8.05. The van der Waals surface area contributed by atoms with E-state index in [0.717, 1.165) is 37.0 Å². The molecule has 9 heteroatoms. The second-order valence-corrected chi connectivity index (χ2v) is 10.9. The third-order valence-corrected chi connectivity index (χ3v) is 8.43. The standard InChI is InChI=1S/C21H32N4O3S2/c1-2-29-16-20(26)23-13-12-17-8-10-19(11-9-17)30(27,28)25-15-14-24(21(25)22)18-6-4-3-5-7-18/h8-11,18,22H,2-7,12-16H2,1H3,(H,23,26). The average Bonchev–Trinajstić information content (AvgIpc) is 3.15. The predicted octanol–water partition coefficient (Wildman–Crippen LogP) is 2.67. The first-order valence-corrected chi connectivity index (χ1v) is 13.3. The Hall–Kier alpha value is -1.74. The lowest BCUT2D eigenvalue weighted by atomic mass is 9.94. The fourth-order valence-corrected chi connectivity index (χ4v) is 5.96. The highest BCUT2D eigenvalue weighted by Gasteiger charge is 2.38. The van der Waals surface area contributed by atoms with Crippen LogP contribution in [-0.4, -0.2) is 66.7 Å². The van der Waals surface area contributed by atoms with E-state index in [1.807, 2.05) is 11.8 Å². The van der Waals surface area contributed by atoms with Gasteiger partial charge in [0.2, 0.25) is 11.9 Å². The molecule has 1 saturated heterocycles. The van der Waals surface area contributed by atoms with Crippen LogP contribution in [0.15, 0.2) is 29.2 Å². The molecule has 166 valence electrons. The quantitative estimate of drug-likeness (QED) is 0.601. The van der Waals surface area contributed by atoms with E-state index in [1.165, 1.54) is 10.7 Å². The summed E-state index contributed by atoms with van der Waals surface area (Å²) < 4.78 is 27.4. The maximum atomic E-state index is 13.1. The molecule has 7 nitrogen and oxygen atoms in total. The van der Waals surface area contributed by atoms with Crippen molar-refractivity contribution in [1.82, 2.24) is 14.5 Å². The van der Waals surface area contributed by atoms with Crippen molar-refractivity contribution in [1.29, 1.82) is 5.41 Å². The molecule has 1 aliphatic heterocycles. The molecule has 0 aromatic heterocycles. The van der Waals surface area contributed by atoms with Gasteiger partial charge in [-0.15, -0.1) is 0 Å². The van der Waals surface area contributed by atoms with Crippen molar-refractivity contribution in [2.24, 2.45) is 0 Å². The second-order valence-electron chi connectivity index (χ2n) is 7.77. The first kappa shape index (κ1) is 22.9. The highest BCUT2D eigenvalue weighted by molar-refractivity contribution is 7.99. The van der Waals surface area contributed by atoms with E-state index in [0.29, 0.717) is 37.8 Å². The Morgan fingerprint density at radius 3 is 2.53 bits per heavy atom. The van der Waals surface area contributed by atoms with Gasteiger partial charge >= 0.3 is 0 Å². The molecule has 0 radical (unpaired) electrons. The first-order chi connectivity index (χ1) is 14.4. The van der Waals surface area contributed by atoms with Crippen LogP contribution >= 0.6 is 11.8 Å². The summed E-state index contributed by atoms with van der Waals surface area (Å²) in [5, 5.41) is 11.3. The van der Waals surface area contributed by atoms with Gasteiger partial charge in [0.15, 0.2) is 0 Å². The van der Waals surface area contributed by atoms with Gasteiger partial charge in [0.25, 0.3) is 10.0 Å². The Bertz CT molecular complexity index is 836. The number of sulfonamides is 1. The molecule has 0 atom stereocenters. The first-order valence-electron chi connectivity index (χ1n) is 10.7. The highest BCUT2D eigenvalue weighted by atomic mass is 32.2. The van der Waals surface area contributed by atoms with E-state index in [2.05, 4.69) is 5.32 Å². The van der Waals surface area contributed by atoms with Gasteiger partial charge < -0.3 is 10.2 Å². The van der Waals surface area contributed by atoms with E-state index in [9.17, 15) is 13.2 Å². The van der Waals surface area contributed by atoms with Crippen LogP contribution in [0.1, 0.15) is 44.6 Å². The summed E-state index contributed by atoms with van der Waals surface area (Å²) in [5.41, 5.74) is 0.970. The monoisotopic (exact) mass is 452 g/mol. The van der Waals surface area contributed by atoms with Crippen LogP contribution in [0, 0.1) is 5.41 Å². The van der Waals surface area contributed by atoms with Crippen molar-refractivity contribution in [3.05, 3.63) is 29.8 Å². The van der Waals surface area contributed by atoms with Gasteiger partial charge in [-0.25, -0.2) is 12.7 Å². The predicted molar refractivity (Wildman–Crippen MR) is 121 cm³/mol. The second kappa shape index (κ2) is 10.5. The lowest BCUT2D eigenvalue weighted by molar-refractivity contribution is -0.118. The highest BCUT2D eigenvalue weighted by Crippen LogP contribution is 2.28. The van der Waals surface area contributed by atoms with Crippen LogP contribution in [-0.2, 0) is 21.2 Å². The van der Waals surface area contributed by atoms with Crippen molar-refractivity contribution in [2.45, 2.75) is 56.4 Å². The summed E-state index contributed by atoms with van der Waals surface area (Å²) in [7, 11) is -3.73. The maximum Gasteiger partial charge on any atom is 0.266 e. The van der Waals surface area contributed by atoms with E-state index in [4.69, 9.17) is 5.41 Å². The number of guanidine groups is 1. The maximum absolute atomic E-state index is 13.1. The SMILES string of the molecule is CCSCC(=O)NCCc1ccc(S(=O)(=O)N2CCN(C3CCCCC3)C2=N)cc1. The van der Waals surface area contributed by atoms with Crippen LogP contribution in [0.2, 0.25) is 0 Å². The number of carbonyl (C=O) groups excluding carboxylic acids is 1. The molecule has 0 spiro atoms. The van der Waals surface area contributed by atoms with E-state index < -0.39 is 10.0 Å². The van der Waals surface area contributed by atoms with Crippen LogP contribution in [0.3, 0.4) is 0 Å². The topological polar surface area (TPSA) is 93.6 Å². The molecule has 3 rings (SSSR count). The number of carbonyl (C=O) groups is 1. The van der Waals surface area contributed by atoms with Crippen molar-refractivity contribution in [3.63, 3.8) is 0 Å². The van der Waals surface area contributed by atoms with E-state index in [1.54, 1.807) is 36.0 Å². The van der Waals surface area contributed by atoms with E-state index >= 15 is 0 Å². The average molecular weight is 453 g/mol. The smallest absolute Gasteiger partial charge is 0.266 e. The minimum atomic E-state index is -3.73. The minimum Gasteiger partial charge on any atom is -0.355 e. The Labute approximate surface area is 184 Å². The van der Waals surface area contributed by atoms with Crippen LogP contribution < -0.4 is 5.32 Å². The Morgan fingerprint density at radius 1 is 1.17 bits per heavy atom. The lowest BCUT2D eigenvalue weighted by Crippen LogP contribution is -2.42. The number of amides is 1. The summed E-state index contributed by atoms with van der Waals surface area (Å²) >= 11 is 1.58. The summed E-state index contributed by atoms with van der Waals surface area (Å²) in [6.45, 7) is 3.48. The summed E-state index contributed by atoms with van der Waals surface area (Å²) in [5.74, 6) is 1.51. The Balaban J connectivity index is 1.57. The number of hydrogen-bond donors (Lipinski definition) is 2. The largest absolute Gasteiger partial charge is 0.355 e. The van der Waals surface area contributed by atoms with Crippen molar-refractivity contribution in [2.75, 3.05) is 31.1 Å². The zero-order chi connectivity index (χ0) is 21.6. The molecule has 1 heterocycles. The molecule has 1 aromatic rings. The zero-order valence-electron chi connectivity index (χ0n) is 17.6. The number of rotatable bonds is 9. The van der Waals surface area contributed by atoms with Gasteiger partial charge in [-0.1, -0.05) is 38.3 Å². The normalized spacial score (nSPS) is 18.1. The Morgan fingerprint density at radius 2 is 1.87 bits per heavy atom. The van der Waals surface area contributed by atoms with Gasteiger partial charge in [-0.3, -0.25) is 10.2 Å². The lowest BCUT2D eigenvalue weighted by Gasteiger charge is -2.32. The third-order valence-electron chi connectivity index (χ3n) is 5.75. The van der Waals surface area contributed by atoms with Gasteiger partial charge in [0, 0.05) is 19.1 Å². The molecule has 1 aromatic carbocycles. The van der Waals surface area contributed by atoms with Gasteiger partial charge in [0.1, 0.15) is 0 Å². The number of hydrogen-bond acceptors (Lipinski definition) is 5. The van der Waals surface area contributed by atoms with Crippen molar-refractivity contribution in [3.8, 4) is 0 Å². The fraction of sp³-hybridized carbons (Fsp3) is 0.619. The molecule has 2 N–H and O–H groups in total. The molecule has 2 fully saturated rings. The molecular formula is C21H32N4O3S2. The molecule has 30 heavy (non-hydrogen) atoms. The number of thioether (sulfide) groups is 1. The van der Waals surface area contributed by atoms with Crippen LogP contribution in [0.4, 0.5) is 0 Å². The van der Waals surface area contributed by atoms with Gasteiger partial charge in [0.05, 0.1) is 17.2 Å². The molecule has 2 aliphatic rings. The number of nitrogens with one attached hydrogen (secondary N) is 2. The summed E-state index contributed by atoms with van der Waals surface area (Å²) in [6.07, 6.45) is 6.27. The van der Waals surface area contributed by atoms with Crippen molar-refractivity contribution < 1.29 is 13.2 Å². The van der Waals surface area contributed by atoms with Gasteiger partial charge in [-0.2, -0.15) is 11.8 Å². The van der Waals surface area contributed by atoms with Crippen molar-refractivity contribution >= 4 is 33.7 Å². The summed E-state index contributed by atoms with van der Waals surface area (Å²) in [4.78, 5) is 13.8. The van der Waals surface area contributed by atoms with E-state index in [-0.39, 0.29) is 16.8 Å². The summed E-state index contributed by atoms with van der Waals surface area (Å²) in [6, 6.07) is 7.09. The third kappa shape index (κ3) is 5.49. The fourth-order valence-electron chi connectivity index (χ4n) is 4.08. The number of benzene rings is 1. The van der Waals surface area contributed by atoms with Gasteiger partial charge in [-0.05, 0) is 42.7 Å². The van der Waals surface area contributed by atoms with Crippen LogP contribution in [0.5, 0.6) is 0 Å². The zero-order valence-corrected chi connectivity index (χ0v) is 19.2. The molecule has 1 aliphatic carbocycles. The van der Waals surface area contributed by atoms with Crippen LogP contribution in [0.25, 0.3) is 0 Å². The molecule has 0 bridgehead atoms. The molecule has 1 amide bonds. The molecule has 0 unspecified atom stereocenters. The number of nitrogens with zero attached hydrogens (tertiary/aromatic N) is 2.